The first-order valence-electron chi connectivity index (χ1n) is 19.9. The lowest BCUT2D eigenvalue weighted by molar-refractivity contribution is 0.310. The number of likely N-dealkylation sites (tertiary alicyclic amines) is 2. The second-order valence-corrected chi connectivity index (χ2v) is 16.3. The normalized spacial score (nSPS) is 19.2. The van der Waals surface area contributed by atoms with Crippen LogP contribution in [-0.2, 0) is 13.1 Å². The van der Waals surface area contributed by atoms with Crippen LogP contribution >= 0.6 is 11.6 Å². The Balaban J connectivity index is 0.000000179. The van der Waals surface area contributed by atoms with Crippen LogP contribution in [0.3, 0.4) is 0 Å². The van der Waals surface area contributed by atoms with Gasteiger partial charge in [-0.1, -0.05) is 11.6 Å². The summed E-state index contributed by atoms with van der Waals surface area (Å²) in [4.78, 5) is 19.6. The summed E-state index contributed by atoms with van der Waals surface area (Å²) in [6.45, 7) is 20.4. The average Bonchev–Trinajstić information content (AvgIpc) is 3.85. The SMILES string of the molecule is Cc1cc(N)cc(CN2CCCC2)c1N1CCN(C)CC1.Cc1cc(Nc2ccnc3cc(Cl)ccc23)cc(CN2CCCC2)c1N1CCN(C)CC1. The average molecular weight is 738 g/mol. The topological polar surface area (TPSA) is 70.4 Å². The number of nitrogens with two attached hydrogens (primary N) is 1. The number of benzene rings is 3. The highest BCUT2D eigenvalue weighted by Crippen LogP contribution is 2.35. The van der Waals surface area contributed by atoms with Crippen molar-refractivity contribution in [2.24, 2.45) is 0 Å². The summed E-state index contributed by atoms with van der Waals surface area (Å²) in [5, 5.41) is 5.47. The Hall–Kier alpha value is -3.60. The maximum Gasteiger partial charge on any atom is 0.0737 e. The van der Waals surface area contributed by atoms with E-state index >= 15 is 0 Å². The summed E-state index contributed by atoms with van der Waals surface area (Å²) in [5.41, 5.74) is 18.5. The molecule has 10 heteroatoms. The molecule has 0 bridgehead atoms. The number of aryl methyl sites for hydroxylation is 2. The Morgan fingerprint density at radius 3 is 1.74 bits per heavy atom. The zero-order chi connectivity index (χ0) is 36.9. The number of pyridine rings is 1. The van der Waals surface area contributed by atoms with Gasteiger partial charge >= 0.3 is 0 Å². The molecule has 284 valence electrons. The van der Waals surface area contributed by atoms with Gasteiger partial charge in [-0.05, 0) is 151 Å². The Morgan fingerprint density at radius 1 is 0.642 bits per heavy atom. The molecule has 53 heavy (non-hydrogen) atoms. The Kier molecular flexibility index (Phi) is 12.3. The molecule has 3 N–H and O–H groups in total. The van der Waals surface area contributed by atoms with Gasteiger partial charge in [-0.15, -0.1) is 0 Å². The molecule has 1 aromatic heterocycles. The third-order valence-corrected chi connectivity index (χ3v) is 11.8. The second kappa shape index (κ2) is 17.2. The van der Waals surface area contributed by atoms with Gasteiger partial charge in [0.05, 0.1) is 5.52 Å². The summed E-state index contributed by atoms with van der Waals surface area (Å²) < 4.78 is 0. The summed E-state index contributed by atoms with van der Waals surface area (Å²) in [6, 6.07) is 16.9. The molecular weight excluding hydrogens is 678 g/mol. The van der Waals surface area contributed by atoms with Crippen LogP contribution in [0.1, 0.15) is 47.9 Å². The first-order valence-corrected chi connectivity index (χ1v) is 20.2. The van der Waals surface area contributed by atoms with E-state index in [9.17, 15) is 0 Å². The van der Waals surface area contributed by atoms with Gasteiger partial charge in [0.15, 0.2) is 0 Å². The van der Waals surface area contributed by atoms with Crippen molar-refractivity contribution in [2.45, 2.75) is 52.6 Å². The van der Waals surface area contributed by atoms with Crippen LogP contribution in [0.5, 0.6) is 0 Å². The molecule has 0 spiro atoms. The largest absolute Gasteiger partial charge is 0.399 e. The van der Waals surface area contributed by atoms with Crippen LogP contribution in [0, 0.1) is 13.8 Å². The van der Waals surface area contributed by atoms with E-state index in [1.165, 1.54) is 85.5 Å². The number of nitrogen functional groups attached to an aromatic ring is 1. The minimum absolute atomic E-state index is 0.711. The van der Waals surface area contributed by atoms with Crippen molar-refractivity contribution in [1.82, 2.24) is 24.6 Å². The van der Waals surface area contributed by atoms with E-state index in [1.807, 2.05) is 30.5 Å². The van der Waals surface area contributed by atoms with Gasteiger partial charge in [0, 0.05) is 110 Å². The van der Waals surface area contributed by atoms with Gasteiger partial charge in [0.2, 0.25) is 0 Å². The number of hydrogen-bond acceptors (Lipinski definition) is 9. The smallest absolute Gasteiger partial charge is 0.0737 e. The zero-order valence-corrected chi connectivity index (χ0v) is 33.3. The van der Waals surface area contributed by atoms with Crippen molar-refractivity contribution < 1.29 is 0 Å². The summed E-state index contributed by atoms with van der Waals surface area (Å²) in [5.74, 6) is 0. The van der Waals surface area contributed by atoms with Crippen LogP contribution in [0.15, 0.2) is 54.7 Å². The molecule has 0 radical (unpaired) electrons. The molecule has 4 saturated heterocycles. The monoisotopic (exact) mass is 737 g/mol. The molecule has 0 unspecified atom stereocenters. The van der Waals surface area contributed by atoms with E-state index in [1.54, 1.807) is 0 Å². The van der Waals surface area contributed by atoms with Crippen molar-refractivity contribution in [3.63, 3.8) is 0 Å². The lowest BCUT2D eigenvalue weighted by Gasteiger charge is -2.37. The molecule has 3 aromatic carbocycles. The number of anilines is 5. The third kappa shape index (κ3) is 9.38. The van der Waals surface area contributed by atoms with Crippen LogP contribution in [0.4, 0.5) is 28.4 Å². The first-order chi connectivity index (χ1) is 25.7. The van der Waals surface area contributed by atoms with E-state index in [4.69, 9.17) is 17.3 Å². The quantitative estimate of drug-likeness (QED) is 0.183. The Bertz CT molecular complexity index is 1840. The molecule has 4 aliphatic rings. The molecule has 0 atom stereocenters. The molecule has 4 aromatic rings. The standard InChI is InChI=1S/C26H32ClN5.C17H28N4/c1-19-15-22(29-24-7-8-28-25-17-21(27)5-6-23(24)25)16-20(18-31-9-3-4-10-31)26(19)32-13-11-30(2)12-14-32;1-14-11-16(18)12-15(13-20-5-3-4-6-20)17(14)21-9-7-19(2)8-10-21/h5-8,15-17H,3-4,9-14,18H2,1-2H3,(H,28,29);11-12H,3-10,13,18H2,1-2H3. The van der Waals surface area contributed by atoms with Crippen molar-refractivity contribution >= 4 is 50.9 Å². The number of hydrogen-bond donors (Lipinski definition) is 2. The van der Waals surface area contributed by atoms with E-state index < -0.39 is 0 Å². The molecule has 8 rings (SSSR count). The van der Waals surface area contributed by atoms with E-state index in [0.29, 0.717) is 5.02 Å². The van der Waals surface area contributed by atoms with Gasteiger partial charge in [0.25, 0.3) is 0 Å². The van der Waals surface area contributed by atoms with Gasteiger partial charge in [-0.2, -0.15) is 0 Å². The molecule has 9 nitrogen and oxygen atoms in total. The van der Waals surface area contributed by atoms with E-state index in [0.717, 1.165) is 93.4 Å². The summed E-state index contributed by atoms with van der Waals surface area (Å²) in [7, 11) is 4.42. The van der Waals surface area contributed by atoms with Gasteiger partial charge in [-0.3, -0.25) is 14.8 Å². The van der Waals surface area contributed by atoms with E-state index in [2.05, 4.69) is 91.9 Å². The van der Waals surface area contributed by atoms with Crippen molar-refractivity contribution in [2.75, 3.05) is 113 Å². The van der Waals surface area contributed by atoms with Crippen LogP contribution < -0.4 is 20.9 Å². The number of halogens is 1. The fourth-order valence-corrected chi connectivity index (χ4v) is 8.93. The third-order valence-electron chi connectivity index (χ3n) is 11.6. The zero-order valence-electron chi connectivity index (χ0n) is 32.5. The minimum atomic E-state index is 0.711. The summed E-state index contributed by atoms with van der Waals surface area (Å²) >= 11 is 6.18. The molecule has 4 fully saturated rings. The lowest BCUT2D eigenvalue weighted by Crippen LogP contribution is -2.45. The van der Waals surface area contributed by atoms with E-state index in [-0.39, 0.29) is 0 Å². The molecule has 0 aliphatic carbocycles. The van der Waals surface area contributed by atoms with Crippen molar-refractivity contribution in [3.05, 3.63) is 82.0 Å². The number of fused-ring (bicyclic) bond motifs is 1. The van der Waals surface area contributed by atoms with Gasteiger partial charge < -0.3 is 30.7 Å². The highest BCUT2D eigenvalue weighted by molar-refractivity contribution is 6.31. The number of piperazine rings is 2. The lowest BCUT2D eigenvalue weighted by atomic mass is 10.0. The molecule has 0 amide bonds. The number of rotatable bonds is 8. The minimum Gasteiger partial charge on any atom is -0.399 e. The predicted octanol–water partition coefficient (Wildman–Crippen LogP) is 7.21. The molecule has 4 aliphatic heterocycles. The van der Waals surface area contributed by atoms with Crippen molar-refractivity contribution in [1.29, 1.82) is 0 Å². The van der Waals surface area contributed by atoms with Gasteiger partial charge in [-0.25, -0.2) is 0 Å². The fraction of sp³-hybridized carbons (Fsp3) is 0.512. The highest BCUT2D eigenvalue weighted by Gasteiger charge is 2.24. The van der Waals surface area contributed by atoms with Crippen LogP contribution in [0.25, 0.3) is 10.9 Å². The van der Waals surface area contributed by atoms with Crippen LogP contribution in [0.2, 0.25) is 5.02 Å². The number of nitrogens with one attached hydrogen (secondary N) is 1. The highest BCUT2D eigenvalue weighted by atomic mass is 35.5. The summed E-state index contributed by atoms with van der Waals surface area (Å²) in [6.07, 6.45) is 7.15. The maximum absolute atomic E-state index is 6.18. The predicted molar refractivity (Wildman–Crippen MR) is 225 cm³/mol. The fourth-order valence-electron chi connectivity index (χ4n) is 8.76. The van der Waals surface area contributed by atoms with Gasteiger partial charge in [0.1, 0.15) is 0 Å². The van der Waals surface area contributed by atoms with Crippen LogP contribution in [-0.4, -0.2) is 117 Å². The molecule has 0 saturated carbocycles. The number of nitrogens with zero attached hydrogens (tertiary/aromatic N) is 7. The second-order valence-electron chi connectivity index (χ2n) is 15.8. The molecular formula is C43H60ClN9. The Morgan fingerprint density at radius 2 is 1.17 bits per heavy atom. The maximum atomic E-state index is 6.18. The first kappa shape index (κ1) is 37.7. The molecule has 5 heterocycles. The van der Waals surface area contributed by atoms with Crippen molar-refractivity contribution in [3.8, 4) is 0 Å². The Labute approximate surface area is 322 Å². The number of likely N-dealkylation sites (N-methyl/N-ethyl adjacent to an activating group) is 2. The number of aromatic nitrogens is 1.